The molecule has 1 heterocycles. The van der Waals surface area contributed by atoms with E-state index in [0.29, 0.717) is 24.2 Å². The van der Waals surface area contributed by atoms with Gasteiger partial charge in [-0.05, 0) is 31.6 Å². The molecule has 3 atom stereocenters. The lowest BCUT2D eigenvalue weighted by Gasteiger charge is -2.20. The summed E-state index contributed by atoms with van der Waals surface area (Å²) in [7, 11) is 0. The van der Waals surface area contributed by atoms with Crippen molar-refractivity contribution in [2.45, 2.75) is 39.7 Å². The smallest absolute Gasteiger partial charge is 0.353 e. The predicted molar refractivity (Wildman–Crippen MR) is 77.8 cm³/mol. The second-order valence-electron chi connectivity index (χ2n) is 5.37. The van der Waals surface area contributed by atoms with Gasteiger partial charge in [-0.3, -0.25) is 10.1 Å². The number of nitro groups is 1. The Morgan fingerprint density at radius 2 is 2.05 bits per heavy atom. The Hall–Kier alpha value is -1.92. The summed E-state index contributed by atoms with van der Waals surface area (Å²) in [5.41, 5.74) is -0.0684. The summed E-state index contributed by atoms with van der Waals surface area (Å²) in [6.07, 6.45) is 3.51. The zero-order valence-corrected chi connectivity index (χ0v) is 12.1. The van der Waals surface area contributed by atoms with Crippen molar-refractivity contribution in [3.8, 4) is 0 Å². The Balaban J connectivity index is 2.27. The maximum Gasteiger partial charge on any atom is 0.353 e. The van der Waals surface area contributed by atoms with Crippen LogP contribution in [0.5, 0.6) is 0 Å². The van der Waals surface area contributed by atoms with Gasteiger partial charge in [0, 0.05) is 12.6 Å². The summed E-state index contributed by atoms with van der Waals surface area (Å²) >= 11 is 0. The molecule has 0 radical (unpaired) electrons. The Morgan fingerprint density at radius 3 is 2.60 bits per heavy atom. The summed E-state index contributed by atoms with van der Waals surface area (Å²) in [5, 5.41) is 17.4. The molecule has 20 heavy (non-hydrogen) atoms. The van der Waals surface area contributed by atoms with Gasteiger partial charge in [-0.25, -0.2) is 9.97 Å². The third-order valence-electron chi connectivity index (χ3n) is 4.14. The Kier molecular flexibility index (Phi) is 4.36. The molecule has 0 amide bonds. The maximum absolute atomic E-state index is 11.3. The second-order valence-corrected chi connectivity index (χ2v) is 5.37. The molecule has 1 aromatic heterocycles. The van der Waals surface area contributed by atoms with Crippen molar-refractivity contribution in [2.24, 2.45) is 11.8 Å². The Morgan fingerprint density at radius 1 is 1.35 bits per heavy atom. The van der Waals surface area contributed by atoms with Gasteiger partial charge in [0.1, 0.15) is 6.33 Å². The average molecular weight is 279 g/mol. The number of hydrogen-bond acceptors (Lipinski definition) is 6. The third-order valence-corrected chi connectivity index (χ3v) is 4.14. The fraction of sp³-hybridized carbons (Fsp3) is 0.692. The Labute approximate surface area is 118 Å². The number of hydrogen-bond donors (Lipinski definition) is 2. The van der Waals surface area contributed by atoms with Crippen LogP contribution in [0.3, 0.4) is 0 Å². The highest BCUT2D eigenvalue weighted by Gasteiger charge is 2.32. The van der Waals surface area contributed by atoms with Crippen molar-refractivity contribution in [1.29, 1.82) is 0 Å². The number of nitrogens with zero attached hydrogens (tertiary/aromatic N) is 3. The van der Waals surface area contributed by atoms with Crippen LogP contribution in [0.25, 0.3) is 0 Å². The van der Waals surface area contributed by atoms with Crippen LogP contribution in [0, 0.1) is 22.0 Å². The zero-order chi connectivity index (χ0) is 14.7. The first-order valence-electron chi connectivity index (χ1n) is 7.04. The fourth-order valence-electron chi connectivity index (χ4n) is 2.70. The second kappa shape index (κ2) is 6.02. The van der Waals surface area contributed by atoms with Gasteiger partial charge in [-0.15, -0.1) is 0 Å². The van der Waals surface area contributed by atoms with Gasteiger partial charge in [-0.1, -0.05) is 13.8 Å². The molecule has 0 bridgehead atoms. The zero-order valence-electron chi connectivity index (χ0n) is 12.1. The van der Waals surface area contributed by atoms with Crippen molar-refractivity contribution >= 4 is 17.3 Å². The molecule has 0 aliphatic heterocycles. The van der Waals surface area contributed by atoms with Crippen LogP contribution in [-0.4, -0.2) is 27.5 Å². The molecule has 2 rings (SSSR count). The normalized spacial score (nSPS) is 25.4. The highest BCUT2D eigenvalue weighted by molar-refractivity contribution is 5.69. The number of aromatic nitrogens is 2. The van der Waals surface area contributed by atoms with E-state index in [4.69, 9.17) is 0 Å². The molecular formula is C13H21N5O2. The molecule has 1 aromatic rings. The quantitative estimate of drug-likeness (QED) is 0.635. The van der Waals surface area contributed by atoms with Crippen molar-refractivity contribution in [2.75, 3.05) is 17.2 Å². The van der Waals surface area contributed by atoms with Crippen molar-refractivity contribution in [1.82, 2.24) is 9.97 Å². The van der Waals surface area contributed by atoms with E-state index in [0.717, 1.165) is 12.8 Å². The molecule has 1 aliphatic carbocycles. The average Bonchev–Trinajstić information content (AvgIpc) is 2.71. The van der Waals surface area contributed by atoms with Crippen LogP contribution in [-0.2, 0) is 0 Å². The topological polar surface area (TPSA) is 93.0 Å². The van der Waals surface area contributed by atoms with Crippen LogP contribution in [0.4, 0.5) is 17.3 Å². The lowest BCUT2D eigenvalue weighted by Crippen LogP contribution is -2.25. The van der Waals surface area contributed by atoms with Gasteiger partial charge in [0.2, 0.25) is 11.6 Å². The van der Waals surface area contributed by atoms with Crippen molar-refractivity contribution < 1.29 is 4.92 Å². The van der Waals surface area contributed by atoms with Gasteiger partial charge >= 0.3 is 5.69 Å². The van der Waals surface area contributed by atoms with E-state index in [9.17, 15) is 10.1 Å². The number of rotatable bonds is 5. The Bertz CT molecular complexity index is 494. The first kappa shape index (κ1) is 14.5. The molecule has 110 valence electrons. The minimum absolute atomic E-state index is 0.0684. The predicted octanol–water partition coefficient (Wildman–Crippen LogP) is 2.66. The lowest BCUT2D eigenvalue weighted by molar-refractivity contribution is -0.383. The molecule has 0 saturated heterocycles. The standard InChI is InChI=1S/C13H21N5O2/c1-4-14-12-11(18(19)20)13(16-7-15-12)17-10-6-5-8(2)9(10)3/h7-10H,4-6H2,1-3H3,(H2,14,15,16,17). The van der Waals surface area contributed by atoms with E-state index >= 15 is 0 Å². The minimum Gasteiger partial charge on any atom is -0.364 e. The lowest BCUT2D eigenvalue weighted by atomic mass is 9.98. The minimum atomic E-state index is -0.427. The third kappa shape index (κ3) is 2.81. The number of anilines is 2. The summed E-state index contributed by atoms with van der Waals surface area (Å²) < 4.78 is 0. The molecule has 3 unspecified atom stereocenters. The summed E-state index contributed by atoms with van der Waals surface area (Å²) in [4.78, 5) is 18.9. The molecule has 0 spiro atoms. The van der Waals surface area contributed by atoms with E-state index < -0.39 is 4.92 Å². The fourth-order valence-corrected chi connectivity index (χ4v) is 2.70. The van der Waals surface area contributed by atoms with E-state index in [1.165, 1.54) is 6.33 Å². The SMILES string of the molecule is CCNc1ncnc(NC2CCC(C)C2C)c1[N+](=O)[O-]. The molecule has 2 N–H and O–H groups in total. The molecule has 7 nitrogen and oxygen atoms in total. The van der Waals surface area contributed by atoms with E-state index in [2.05, 4.69) is 34.4 Å². The molecule has 1 aliphatic rings. The largest absolute Gasteiger partial charge is 0.364 e. The first-order chi connectivity index (χ1) is 9.54. The van der Waals surface area contributed by atoms with Gasteiger partial charge in [-0.2, -0.15) is 0 Å². The van der Waals surface area contributed by atoms with Crippen molar-refractivity contribution in [3.63, 3.8) is 0 Å². The van der Waals surface area contributed by atoms with Crippen LogP contribution in [0.2, 0.25) is 0 Å². The van der Waals surface area contributed by atoms with Gasteiger partial charge in [0.15, 0.2) is 0 Å². The van der Waals surface area contributed by atoms with Crippen LogP contribution < -0.4 is 10.6 Å². The highest BCUT2D eigenvalue weighted by Crippen LogP contribution is 2.36. The van der Waals surface area contributed by atoms with Gasteiger partial charge in [0.05, 0.1) is 4.92 Å². The summed E-state index contributed by atoms with van der Waals surface area (Å²) in [6, 6.07) is 0.230. The number of nitrogens with one attached hydrogen (secondary N) is 2. The molecule has 0 aromatic carbocycles. The maximum atomic E-state index is 11.3. The summed E-state index contributed by atoms with van der Waals surface area (Å²) in [5.74, 6) is 1.69. The first-order valence-corrected chi connectivity index (χ1v) is 7.04. The monoisotopic (exact) mass is 279 g/mol. The van der Waals surface area contributed by atoms with Gasteiger partial charge in [0.25, 0.3) is 0 Å². The van der Waals surface area contributed by atoms with E-state index in [1.54, 1.807) is 0 Å². The van der Waals surface area contributed by atoms with Crippen LogP contribution in [0.15, 0.2) is 6.33 Å². The summed E-state index contributed by atoms with van der Waals surface area (Å²) in [6.45, 7) is 6.84. The molecular weight excluding hydrogens is 258 g/mol. The van der Waals surface area contributed by atoms with Crippen LogP contribution >= 0.6 is 0 Å². The molecule has 1 saturated carbocycles. The van der Waals surface area contributed by atoms with Gasteiger partial charge < -0.3 is 10.6 Å². The van der Waals surface area contributed by atoms with E-state index in [1.807, 2.05) is 6.92 Å². The van der Waals surface area contributed by atoms with E-state index in [-0.39, 0.29) is 17.5 Å². The van der Waals surface area contributed by atoms with Crippen molar-refractivity contribution in [3.05, 3.63) is 16.4 Å². The van der Waals surface area contributed by atoms with Crippen LogP contribution in [0.1, 0.15) is 33.6 Å². The molecule has 7 heteroatoms. The highest BCUT2D eigenvalue weighted by atomic mass is 16.6. The molecule has 1 fully saturated rings.